The summed E-state index contributed by atoms with van der Waals surface area (Å²) in [6.45, 7) is 9.32. The third-order valence-corrected chi connectivity index (χ3v) is 4.64. The van der Waals surface area contributed by atoms with Crippen molar-refractivity contribution in [1.82, 2.24) is 0 Å². The van der Waals surface area contributed by atoms with E-state index in [1.165, 1.54) is 36.9 Å². The Morgan fingerprint density at radius 3 is 2.16 bits per heavy atom. The van der Waals surface area contributed by atoms with Gasteiger partial charge in [0.15, 0.2) is 0 Å². The lowest BCUT2D eigenvalue weighted by molar-refractivity contribution is 0.281. The summed E-state index contributed by atoms with van der Waals surface area (Å²) in [5.41, 5.74) is 2.75. The van der Waals surface area contributed by atoms with Gasteiger partial charge in [-0.2, -0.15) is 0 Å². The lowest BCUT2D eigenvalue weighted by Crippen LogP contribution is -2.30. The third kappa shape index (κ3) is 3.99. The lowest BCUT2D eigenvalue weighted by atomic mass is 9.80. The third-order valence-electron chi connectivity index (χ3n) is 4.64. The molecule has 0 saturated heterocycles. The minimum absolute atomic E-state index is 0.660. The molecule has 1 aliphatic rings. The highest BCUT2D eigenvalue weighted by atomic mass is 14.9. The predicted molar refractivity (Wildman–Crippen MR) is 84.7 cm³/mol. The Hall–Kier alpha value is -0.980. The predicted octanol–water partition coefficient (Wildman–Crippen LogP) is 5.44. The number of anilines is 1. The van der Waals surface area contributed by atoms with Crippen LogP contribution in [0.5, 0.6) is 0 Å². The molecule has 1 aromatic carbocycles. The van der Waals surface area contributed by atoms with E-state index in [2.05, 4.69) is 57.3 Å². The maximum absolute atomic E-state index is 3.73. The van der Waals surface area contributed by atoms with Crippen LogP contribution in [0.1, 0.15) is 64.9 Å². The highest BCUT2D eigenvalue weighted by molar-refractivity contribution is 5.46. The second kappa shape index (κ2) is 6.45. The molecule has 0 heterocycles. The fourth-order valence-electron chi connectivity index (χ4n) is 3.44. The van der Waals surface area contributed by atoms with E-state index < -0.39 is 0 Å². The monoisotopic (exact) mass is 259 g/mol. The van der Waals surface area contributed by atoms with Crippen molar-refractivity contribution >= 4 is 5.69 Å². The zero-order chi connectivity index (χ0) is 13.8. The Morgan fingerprint density at radius 2 is 1.63 bits per heavy atom. The van der Waals surface area contributed by atoms with Crippen molar-refractivity contribution in [3.63, 3.8) is 0 Å². The van der Waals surface area contributed by atoms with Gasteiger partial charge in [0, 0.05) is 11.7 Å². The van der Waals surface area contributed by atoms with Crippen LogP contribution in [0.2, 0.25) is 0 Å². The average molecular weight is 259 g/mol. The molecular weight excluding hydrogens is 230 g/mol. The Labute approximate surface area is 118 Å². The van der Waals surface area contributed by atoms with Gasteiger partial charge in [-0.25, -0.2) is 0 Å². The molecule has 0 spiro atoms. The fourth-order valence-corrected chi connectivity index (χ4v) is 3.44. The molecule has 106 valence electrons. The summed E-state index contributed by atoms with van der Waals surface area (Å²) in [6, 6.07) is 9.74. The fraction of sp³-hybridized carbons (Fsp3) is 0.667. The first kappa shape index (κ1) is 14.4. The molecule has 1 nitrogen and oxygen atoms in total. The zero-order valence-corrected chi connectivity index (χ0v) is 12.9. The maximum Gasteiger partial charge on any atom is 0.0342 e. The number of hydrogen-bond acceptors (Lipinski definition) is 1. The molecular formula is C18H29N. The Balaban J connectivity index is 1.95. The topological polar surface area (TPSA) is 12.0 Å². The minimum Gasteiger partial charge on any atom is -0.382 e. The van der Waals surface area contributed by atoms with Gasteiger partial charge < -0.3 is 5.32 Å². The van der Waals surface area contributed by atoms with E-state index in [4.69, 9.17) is 0 Å². The number of nitrogens with one attached hydrogen (secondary N) is 1. The van der Waals surface area contributed by atoms with E-state index in [0.29, 0.717) is 12.0 Å². The molecule has 1 N–H and O–H groups in total. The summed E-state index contributed by atoms with van der Waals surface area (Å²) >= 11 is 0. The largest absolute Gasteiger partial charge is 0.382 e. The molecule has 0 amide bonds. The number of hydrogen-bond donors (Lipinski definition) is 1. The first-order chi connectivity index (χ1) is 9.08. The van der Waals surface area contributed by atoms with Gasteiger partial charge in [0.2, 0.25) is 0 Å². The van der Waals surface area contributed by atoms with Crippen molar-refractivity contribution in [1.29, 1.82) is 0 Å². The number of rotatable bonds is 4. The summed E-state index contributed by atoms with van der Waals surface area (Å²) in [7, 11) is 0. The van der Waals surface area contributed by atoms with E-state index in [1.807, 2.05) is 0 Å². The van der Waals surface area contributed by atoms with Crippen LogP contribution in [0.4, 0.5) is 5.69 Å². The van der Waals surface area contributed by atoms with Crippen molar-refractivity contribution in [2.24, 2.45) is 11.8 Å². The van der Waals surface area contributed by atoms with E-state index in [0.717, 1.165) is 11.8 Å². The number of benzene rings is 1. The van der Waals surface area contributed by atoms with Crippen LogP contribution in [-0.4, -0.2) is 6.04 Å². The normalized spacial score (nSPS) is 28.9. The summed E-state index contributed by atoms with van der Waals surface area (Å²) < 4.78 is 0. The van der Waals surface area contributed by atoms with Crippen molar-refractivity contribution in [2.75, 3.05) is 5.32 Å². The quantitative estimate of drug-likeness (QED) is 0.759. The standard InChI is InChI=1S/C18H29N/c1-5-15(4)16-6-8-17(9-7-16)19-18-11-13(2)10-14(3)12-18/h6-9,13-15,18-19H,5,10-12H2,1-4H3. The molecule has 1 heteroatoms. The van der Waals surface area contributed by atoms with Gasteiger partial charge >= 0.3 is 0 Å². The second-order valence-electron chi connectivity index (χ2n) is 6.69. The van der Waals surface area contributed by atoms with Crippen LogP contribution in [-0.2, 0) is 0 Å². The molecule has 1 aliphatic carbocycles. The molecule has 3 atom stereocenters. The van der Waals surface area contributed by atoms with Crippen LogP contribution >= 0.6 is 0 Å². The summed E-state index contributed by atoms with van der Waals surface area (Å²) in [4.78, 5) is 0. The van der Waals surface area contributed by atoms with E-state index >= 15 is 0 Å². The zero-order valence-electron chi connectivity index (χ0n) is 12.9. The van der Waals surface area contributed by atoms with Crippen LogP contribution < -0.4 is 5.32 Å². The van der Waals surface area contributed by atoms with Gasteiger partial charge in [-0.05, 0) is 61.1 Å². The average Bonchev–Trinajstić information content (AvgIpc) is 2.37. The Morgan fingerprint density at radius 1 is 1.05 bits per heavy atom. The Kier molecular flexibility index (Phi) is 4.90. The molecule has 0 aliphatic heterocycles. The van der Waals surface area contributed by atoms with Gasteiger partial charge in [0.05, 0.1) is 0 Å². The highest BCUT2D eigenvalue weighted by Crippen LogP contribution is 2.30. The molecule has 2 rings (SSSR count). The van der Waals surface area contributed by atoms with Gasteiger partial charge in [0.1, 0.15) is 0 Å². The summed E-state index contributed by atoms with van der Waals surface area (Å²) in [6.07, 6.45) is 5.24. The maximum atomic E-state index is 3.73. The molecule has 19 heavy (non-hydrogen) atoms. The smallest absolute Gasteiger partial charge is 0.0342 e. The molecule has 1 saturated carbocycles. The molecule has 0 aromatic heterocycles. The van der Waals surface area contributed by atoms with Crippen LogP contribution in [0, 0.1) is 11.8 Å². The molecule has 1 aromatic rings. The molecule has 0 radical (unpaired) electrons. The van der Waals surface area contributed by atoms with E-state index in [9.17, 15) is 0 Å². The molecule has 0 bridgehead atoms. The SMILES string of the molecule is CCC(C)c1ccc(NC2CC(C)CC(C)C2)cc1. The Bertz CT molecular complexity index is 371. The van der Waals surface area contributed by atoms with Gasteiger partial charge in [-0.3, -0.25) is 0 Å². The van der Waals surface area contributed by atoms with Crippen LogP contribution in [0.15, 0.2) is 24.3 Å². The molecule has 3 unspecified atom stereocenters. The highest BCUT2D eigenvalue weighted by Gasteiger charge is 2.23. The van der Waals surface area contributed by atoms with E-state index in [1.54, 1.807) is 0 Å². The lowest BCUT2D eigenvalue weighted by Gasteiger charge is -2.32. The second-order valence-corrected chi connectivity index (χ2v) is 6.69. The molecule has 1 fully saturated rings. The van der Waals surface area contributed by atoms with Crippen molar-refractivity contribution in [3.8, 4) is 0 Å². The van der Waals surface area contributed by atoms with Gasteiger partial charge in [-0.1, -0.05) is 39.8 Å². The summed E-state index contributed by atoms with van der Waals surface area (Å²) in [5, 5.41) is 3.73. The summed E-state index contributed by atoms with van der Waals surface area (Å²) in [5.74, 6) is 2.39. The van der Waals surface area contributed by atoms with Gasteiger partial charge in [0.25, 0.3) is 0 Å². The first-order valence-corrected chi connectivity index (χ1v) is 7.95. The minimum atomic E-state index is 0.660. The van der Waals surface area contributed by atoms with Crippen molar-refractivity contribution in [2.45, 2.75) is 65.3 Å². The van der Waals surface area contributed by atoms with Crippen molar-refractivity contribution in [3.05, 3.63) is 29.8 Å². The van der Waals surface area contributed by atoms with Crippen LogP contribution in [0.3, 0.4) is 0 Å². The van der Waals surface area contributed by atoms with E-state index in [-0.39, 0.29) is 0 Å². The van der Waals surface area contributed by atoms with Gasteiger partial charge in [-0.15, -0.1) is 0 Å². The van der Waals surface area contributed by atoms with Crippen LogP contribution in [0.25, 0.3) is 0 Å². The van der Waals surface area contributed by atoms with Crippen molar-refractivity contribution < 1.29 is 0 Å². The first-order valence-electron chi connectivity index (χ1n) is 7.95.